The van der Waals surface area contributed by atoms with Crippen molar-refractivity contribution in [1.29, 1.82) is 0 Å². The maximum absolute atomic E-state index is 13.2. The predicted molar refractivity (Wildman–Crippen MR) is 70.8 cm³/mol. The number of amides is 1. The highest BCUT2D eigenvalue weighted by Crippen LogP contribution is 2.20. The summed E-state index contributed by atoms with van der Waals surface area (Å²) in [5.74, 6) is -0.707. The molecule has 2 rings (SSSR count). The van der Waals surface area contributed by atoms with Gasteiger partial charge in [0.25, 0.3) is 0 Å². The highest BCUT2D eigenvalue weighted by atomic mass is 19.1. The third-order valence-corrected chi connectivity index (χ3v) is 3.31. The molecule has 1 aliphatic heterocycles. The number of pyridine rings is 1. The van der Waals surface area contributed by atoms with Crippen LogP contribution in [0.1, 0.15) is 19.8 Å². The van der Waals surface area contributed by atoms with Gasteiger partial charge in [0.05, 0.1) is 18.6 Å². The first kappa shape index (κ1) is 14.7. The Labute approximate surface area is 117 Å². The lowest BCUT2D eigenvalue weighted by Gasteiger charge is -2.27. The number of nitrogens with zero attached hydrogens (tertiary/aromatic N) is 1. The van der Waals surface area contributed by atoms with Crippen LogP contribution in [-0.4, -0.2) is 36.8 Å². The molecule has 1 aromatic rings. The molecule has 0 radical (unpaired) electrons. The molecular weight excluding hydrogens is 263 g/mol. The van der Waals surface area contributed by atoms with Gasteiger partial charge in [0.15, 0.2) is 5.82 Å². The SMILES string of the molecule is CC1OCCCC1C(=O)NCCOc1ncccc1F. The van der Waals surface area contributed by atoms with Crippen molar-refractivity contribution in [2.75, 3.05) is 19.8 Å². The Hall–Kier alpha value is -1.69. The summed E-state index contributed by atoms with van der Waals surface area (Å²) < 4.78 is 23.8. The van der Waals surface area contributed by atoms with Crippen molar-refractivity contribution in [3.05, 3.63) is 24.1 Å². The Morgan fingerprint density at radius 2 is 2.50 bits per heavy atom. The van der Waals surface area contributed by atoms with E-state index in [9.17, 15) is 9.18 Å². The lowest BCUT2D eigenvalue weighted by atomic mass is 9.94. The maximum Gasteiger partial charge on any atom is 0.250 e. The van der Waals surface area contributed by atoms with Crippen LogP contribution in [0, 0.1) is 11.7 Å². The first-order valence-corrected chi connectivity index (χ1v) is 6.81. The van der Waals surface area contributed by atoms with Gasteiger partial charge in [0, 0.05) is 12.8 Å². The Bertz CT molecular complexity index is 456. The number of rotatable bonds is 5. The molecule has 0 aromatic carbocycles. The third-order valence-electron chi connectivity index (χ3n) is 3.31. The van der Waals surface area contributed by atoms with Crippen LogP contribution in [0.5, 0.6) is 5.88 Å². The summed E-state index contributed by atoms with van der Waals surface area (Å²) in [6, 6.07) is 2.77. The smallest absolute Gasteiger partial charge is 0.250 e. The van der Waals surface area contributed by atoms with Gasteiger partial charge in [-0.3, -0.25) is 4.79 Å². The monoisotopic (exact) mass is 282 g/mol. The molecule has 1 aromatic heterocycles. The summed E-state index contributed by atoms with van der Waals surface area (Å²) in [6.07, 6.45) is 3.14. The number of carbonyl (C=O) groups is 1. The van der Waals surface area contributed by atoms with Crippen LogP contribution < -0.4 is 10.1 Å². The number of carbonyl (C=O) groups excluding carboxylic acids is 1. The van der Waals surface area contributed by atoms with Crippen LogP contribution in [0.2, 0.25) is 0 Å². The van der Waals surface area contributed by atoms with Gasteiger partial charge >= 0.3 is 0 Å². The van der Waals surface area contributed by atoms with E-state index in [1.807, 2.05) is 6.92 Å². The molecule has 0 saturated carbocycles. The second kappa shape index (κ2) is 7.19. The van der Waals surface area contributed by atoms with Gasteiger partial charge < -0.3 is 14.8 Å². The van der Waals surface area contributed by atoms with E-state index in [4.69, 9.17) is 9.47 Å². The second-order valence-electron chi connectivity index (χ2n) is 4.75. The normalized spacial score (nSPS) is 22.3. The summed E-state index contributed by atoms with van der Waals surface area (Å²) in [5.41, 5.74) is 0. The van der Waals surface area contributed by atoms with Crippen molar-refractivity contribution in [3.8, 4) is 5.88 Å². The highest BCUT2D eigenvalue weighted by molar-refractivity contribution is 5.79. The van der Waals surface area contributed by atoms with Crippen molar-refractivity contribution in [2.24, 2.45) is 5.92 Å². The lowest BCUT2D eigenvalue weighted by Crippen LogP contribution is -2.41. The van der Waals surface area contributed by atoms with Crippen LogP contribution >= 0.6 is 0 Å². The van der Waals surface area contributed by atoms with Gasteiger partial charge in [-0.05, 0) is 31.9 Å². The van der Waals surface area contributed by atoms with E-state index in [0.717, 1.165) is 12.8 Å². The summed E-state index contributed by atoms with van der Waals surface area (Å²) in [7, 11) is 0. The van der Waals surface area contributed by atoms with Gasteiger partial charge in [-0.25, -0.2) is 9.37 Å². The quantitative estimate of drug-likeness (QED) is 0.832. The Morgan fingerprint density at radius 1 is 1.65 bits per heavy atom. The van der Waals surface area contributed by atoms with Crippen LogP contribution in [-0.2, 0) is 9.53 Å². The summed E-state index contributed by atoms with van der Waals surface area (Å²) in [6.45, 7) is 3.12. The molecule has 2 atom stereocenters. The zero-order valence-corrected chi connectivity index (χ0v) is 11.5. The average Bonchev–Trinajstić information content (AvgIpc) is 2.45. The standard InChI is InChI=1S/C14H19FN2O3/c1-10-11(4-3-8-19-10)13(18)16-7-9-20-14-12(15)5-2-6-17-14/h2,5-6,10-11H,3-4,7-9H2,1H3,(H,16,18). The molecule has 1 amide bonds. The van der Waals surface area contributed by atoms with Gasteiger partial charge in [-0.1, -0.05) is 0 Å². The van der Waals surface area contributed by atoms with Crippen molar-refractivity contribution in [2.45, 2.75) is 25.9 Å². The molecule has 6 heteroatoms. The Balaban J connectivity index is 1.70. The Morgan fingerprint density at radius 3 is 3.25 bits per heavy atom. The fourth-order valence-corrected chi connectivity index (χ4v) is 2.20. The second-order valence-corrected chi connectivity index (χ2v) is 4.75. The van der Waals surface area contributed by atoms with Gasteiger partial charge in [0.2, 0.25) is 11.8 Å². The summed E-state index contributed by atoms with van der Waals surface area (Å²) in [5, 5.41) is 2.78. The molecule has 1 fully saturated rings. The molecule has 2 unspecified atom stereocenters. The van der Waals surface area contributed by atoms with Crippen molar-refractivity contribution in [1.82, 2.24) is 10.3 Å². The minimum atomic E-state index is -0.506. The van der Waals surface area contributed by atoms with E-state index < -0.39 is 5.82 Å². The first-order chi connectivity index (χ1) is 9.68. The number of nitrogens with one attached hydrogen (secondary N) is 1. The Kier molecular flexibility index (Phi) is 5.29. The molecule has 1 aliphatic rings. The van der Waals surface area contributed by atoms with Crippen LogP contribution in [0.25, 0.3) is 0 Å². The molecule has 110 valence electrons. The molecule has 1 N–H and O–H groups in total. The van der Waals surface area contributed by atoms with Crippen molar-refractivity contribution in [3.63, 3.8) is 0 Å². The van der Waals surface area contributed by atoms with E-state index >= 15 is 0 Å². The lowest BCUT2D eigenvalue weighted by molar-refractivity contribution is -0.133. The van der Waals surface area contributed by atoms with E-state index in [2.05, 4.69) is 10.3 Å². The third kappa shape index (κ3) is 3.90. The molecule has 20 heavy (non-hydrogen) atoms. The first-order valence-electron chi connectivity index (χ1n) is 6.81. The highest BCUT2D eigenvalue weighted by Gasteiger charge is 2.28. The number of hydrogen-bond donors (Lipinski definition) is 1. The molecule has 1 saturated heterocycles. The van der Waals surface area contributed by atoms with Crippen LogP contribution in [0.15, 0.2) is 18.3 Å². The van der Waals surface area contributed by atoms with Crippen LogP contribution in [0.3, 0.4) is 0 Å². The van der Waals surface area contributed by atoms with E-state index in [-0.39, 0.29) is 30.4 Å². The molecule has 0 bridgehead atoms. The molecule has 0 spiro atoms. The molecule has 5 nitrogen and oxygen atoms in total. The number of halogens is 1. The van der Waals surface area contributed by atoms with E-state index in [1.165, 1.54) is 18.3 Å². The minimum Gasteiger partial charge on any atom is -0.474 e. The van der Waals surface area contributed by atoms with Gasteiger partial charge in [-0.2, -0.15) is 0 Å². The summed E-state index contributed by atoms with van der Waals surface area (Å²) in [4.78, 5) is 15.7. The number of ether oxygens (including phenoxy) is 2. The van der Waals surface area contributed by atoms with E-state index in [1.54, 1.807) is 0 Å². The number of aromatic nitrogens is 1. The topological polar surface area (TPSA) is 60.5 Å². The van der Waals surface area contributed by atoms with Gasteiger partial charge in [0.1, 0.15) is 6.61 Å². The molecular formula is C14H19FN2O3. The van der Waals surface area contributed by atoms with Crippen molar-refractivity contribution < 1.29 is 18.7 Å². The molecule has 0 aliphatic carbocycles. The fourth-order valence-electron chi connectivity index (χ4n) is 2.20. The van der Waals surface area contributed by atoms with Crippen molar-refractivity contribution >= 4 is 5.91 Å². The average molecular weight is 282 g/mol. The molecule has 2 heterocycles. The fraction of sp³-hybridized carbons (Fsp3) is 0.571. The van der Waals surface area contributed by atoms with Crippen LogP contribution in [0.4, 0.5) is 4.39 Å². The largest absolute Gasteiger partial charge is 0.474 e. The summed E-state index contributed by atoms with van der Waals surface area (Å²) >= 11 is 0. The van der Waals surface area contributed by atoms with E-state index in [0.29, 0.717) is 13.2 Å². The zero-order valence-electron chi connectivity index (χ0n) is 11.5. The maximum atomic E-state index is 13.2. The minimum absolute atomic E-state index is 0.0395. The van der Waals surface area contributed by atoms with Gasteiger partial charge in [-0.15, -0.1) is 0 Å². The zero-order chi connectivity index (χ0) is 14.4. The predicted octanol–water partition coefficient (Wildman–Crippen LogP) is 1.53. The number of hydrogen-bond acceptors (Lipinski definition) is 4.